The van der Waals surface area contributed by atoms with Crippen LogP contribution in [0.15, 0.2) is 29.8 Å². The van der Waals surface area contributed by atoms with Gasteiger partial charge in [-0.3, -0.25) is 9.88 Å². The lowest BCUT2D eigenvalue weighted by Crippen LogP contribution is -2.41. The van der Waals surface area contributed by atoms with Crippen molar-refractivity contribution in [2.75, 3.05) is 13.2 Å². The summed E-state index contributed by atoms with van der Waals surface area (Å²) in [5.41, 5.74) is 2.13. The zero-order chi connectivity index (χ0) is 22.4. The molecule has 3 atom stereocenters. The van der Waals surface area contributed by atoms with Crippen molar-refractivity contribution < 1.29 is 32.5 Å². The Morgan fingerprint density at radius 3 is 2.77 bits per heavy atom. The quantitative estimate of drug-likeness (QED) is 0.733. The lowest BCUT2D eigenvalue weighted by atomic mass is 10.0. The molecule has 0 saturated carbocycles. The van der Waals surface area contributed by atoms with Gasteiger partial charge in [0.2, 0.25) is 0 Å². The molecule has 0 aromatic carbocycles. The SMILES string of the molecule is Cc1nc(CO[C@@H]2CN(Cc3ccccn3)[C@@H]3CCCO[C@@H]32)cs1.O=C(O)C(F)(F)F. The summed E-state index contributed by atoms with van der Waals surface area (Å²) in [5, 5.41) is 10.3. The number of aliphatic carboxylic acids is 1. The molecule has 2 aliphatic heterocycles. The zero-order valence-corrected chi connectivity index (χ0v) is 17.7. The number of hydrogen-bond donors (Lipinski definition) is 1. The molecule has 2 saturated heterocycles. The molecule has 2 fully saturated rings. The summed E-state index contributed by atoms with van der Waals surface area (Å²) in [6.45, 7) is 5.20. The van der Waals surface area contributed by atoms with E-state index in [1.807, 2.05) is 25.3 Å². The fourth-order valence-corrected chi connectivity index (χ4v) is 4.30. The van der Waals surface area contributed by atoms with Crippen molar-refractivity contribution in [3.05, 3.63) is 46.2 Å². The fraction of sp³-hybridized carbons (Fsp3) is 0.550. The van der Waals surface area contributed by atoms with Crippen LogP contribution >= 0.6 is 11.3 Å². The normalized spacial score (nSPS) is 23.7. The van der Waals surface area contributed by atoms with Crippen molar-refractivity contribution >= 4 is 17.3 Å². The van der Waals surface area contributed by atoms with E-state index < -0.39 is 12.1 Å². The summed E-state index contributed by atoms with van der Waals surface area (Å²) in [5.74, 6) is -2.76. The van der Waals surface area contributed by atoms with Gasteiger partial charge in [0.05, 0.1) is 29.1 Å². The number of likely N-dealkylation sites (tertiary alicyclic amines) is 1. The molecule has 2 aromatic rings. The summed E-state index contributed by atoms with van der Waals surface area (Å²) in [6, 6.07) is 6.53. The minimum Gasteiger partial charge on any atom is -0.475 e. The highest BCUT2D eigenvalue weighted by molar-refractivity contribution is 7.09. The largest absolute Gasteiger partial charge is 0.490 e. The maximum absolute atomic E-state index is 10.6. The van der Waals surface area contributed by atoms with Crippen molar-refractivity contribution in [1.82, 2.24) is 14.9 Å². The second kappa shape index (κ2) is 10.5. The molecule has 31 heavy (non-hydrogen) atoms. The number of thiazole rings is 1. The molecule has 1 N–H and O–H groups in total. The van der Waals surface area contributed by atoms with Gasteiger partial charge in [0.1, 0.15) is 6.10 Å². The van der Waals surface area contributed by atoms with Gasteiger partial charge in [-0.1, -0.05) is 6.07 Å². The van der Waals surface area contributed by atoms with Crippen molar-refractivity contribution in [2.45, 2.75) is 57.3 Å². The Labute approximate surface area is 181 Å². The molecular formula is C20H24F3N3O4S. The minimum atomic E-state index is -5.08. The Morgan fingerprint density at radius 1 is 1.39 bits per heavy atom. The van der Waals surface area contributed by atoms with Gasteiger partial charge >= 0.3 is 12.1 Å². The summed E-state index contributed by atoms with van der Waals surface area (Å²) >= 11 is 1.67. The zero-order valence-electron chi connectivity index (χ0n) is 16.9. The van der Waals surface area contributed by atoms with Crippen LogP contribution in [-0.2, 0) is 27.4 Å². The number of aromatic nitrogens is 2. The average Bonchev–Trinajstić information content (AvgIpc) is 3.30. The van der Waals surface area contributed by atoms with Crippen LogP contribution in [0.1, 0.15) is 29.2 Å². The van der Waals surface area contributed by atoms with E-state index in [1.54, 1.807) is 11.3 Å². The first kappa shape index (κ1) is 23.6. The highest BCUT2D eigenvalue weighted by Crippen LogP contribution is 2.32. The number of carboxylic acids is 1. The summed E-state index contributed by atoms with van der Waals surface area (Å²) in [4.78, 5) is 20.3. The van der Waals surface area contributed by atoms with E-state index in [2.05, 4.69) is 26.3 Å². The van der Waals surface area contributed by atoms with Gasteiger partial charge in [0.15, 0.2) is 0 Å². The number of pyridine rings is 1. The molecule has 0 unspecified atom stereocenters. The number of nitrogens with zero attached hydrogens (tertiary/aromatic N) is 3. The van der Waals surface area contributed by atoms with Crippen molar-refractivity contribution in [3.63, 3.8) is 0 Å². The molecule has 0 radical (unpaired) electrons. The Balaban J connectivity index is 0.000000339. The lowest BCUT2D eigenvalue weighted by molar-refractivity contribution is -0.192. The minimum absolute atomic E-state index is 0.112. The van der Waals surface area contributed by atoms with Crippen LogP contribution in [0.5, 0.6) is 0 Å². The summed E-state index contributed by atoms with van der Waals surface area (Å²) in [7, 11) is 0. The van der Waals surface area contributed by atoms with Crippen LogP contribution in [0.3, 0.4) is 0 Å². The summed E-state index contributed by atoms with van der Waals surface area (Å²) < 4.78 is 44.0. The molecule has 4 rings (SSSR count). The van der Waals surface area contributed by atoms with E-state index in [-0.39, 0.29) is 12.2 Å². The highest BCUT2D eigenvalue weighted by atomic mass is 32.1. The maximum Gasteiger partial charge on any atom is 0.490 e. The van der Waals surface area contributed by atoms with Gasteiger partial charge < -0.3 is 14.6 Å². The second-order valence-corrected chi connectivity index (χ2v) is 8.37. The van der Waals surface area contributed by atoms with Gasteiger partial charge in [-0.2, -0.15) is 13.2 Å². The van der Waals surface area contributed by atoms with E-state index in [0.29, 0.717) is 12.6 Å². The summed E-state index contributed by atoms with van der Waals surface area (Å²) in [6.07, 6.45) is -0.646. The number of hydrogen-bond acceptors (Lipinski definition) is 7. The van der Waals surface area contributed by atoms with Crippen LogP contribution in [-0.4, -0.2) is 63.5 Å². The predicted molar refractivity (Wildman–Crippen MR) is 107 cm³/mol. The first-order valence-corrected chi connectivity index (χ1v) is 10.7. The lowest BCUT2D eigenvalue weighted by Gasteiger charge is -2.32. The molecule has 2 aromatic heterocycles. The number of fused-ring (bicyclic) bond motifs is 1. The third-order valence-electron chi connectivity index (χ3n) is 5.03. The third-order valence-corrected chi connectivity index (χ3v) is 5.85. The molecule has 0 aliphatic carbocycles. The number of carbonyl (C=O) groups is 1. The fourth-order valence-electron chi connectivity index (χ4n) is 3.70. The van der Waals surface area contributed by atoms with Crippen molar-refractivity contribution in [2.24, 2.45) is 0 Å². The Bertz CT molecular complexity index is 850. The molecule has 11 heteroatoms. The monoisotopic (exact) mass is 459 g/mol. The maximum atomic E-state index is 10.6. The van der Waals surface area contributed by atoms with Crippen LogP contribution in [0, 0.1) is 6.92 Å². The van der Waals surface area contributed by atoms with Crippen LogP contribution in [0.4, 0.5) is 13.2 Å². The first-order valence-electron chi connectivity index (χ1n) is 9.82. The average molecular weight is 459 g/mol. The number of rotatable bonds is 5. The van der Waals surface area contributed by atoms with Gasteiger partial charge in [-0.25, -0.2) is 9.78 Å². The molecule has 4 heterocycles. The van der Waals surface area contributed by atoms with Gasteiger partial charge in [-0.15, -0.1) is 11.3 Å². The van der Waals surface area contributed by atoms with Gasteiger partial charge in [0.25, 0.3) is 0 Å². The molecule has 2 aliphatic rings. The molecule has 170 valence electrons. The van der Waals surface area contributed by atoms with E-state index in [9.17, 15) is 13.2 Å². The highest BCUT2D eigenvalue weighted by Gasteiger charge is 2.44. The van der Waals surface area contributed by atoms with E-state index >= 15 is 0 Å². The topological polar surface area (TPSA) is 84.8 Å². The molecular weight excluding hydrogens is 435 g/mol. The van der Waals surface area contributed by atoms with E-state index in [4.69, 9.17) is 19.4 Å². The van der Waals surface area contributed by atoms with Crippen molar-refractivity contribution in [3.8, 4) is 0 Å². The van der Waals surface area contributed by atoms with Gasteiger partial charge in [-0.05, 0) is 31.9 Å². The predicted octanol–water partition coefficient (Wildman–Crippen LogP) is 3.43. The second-order valence-electron chi connectivity index (χ2n) is 7.31. The van der Waals surface area contributed by atoms with Crippen LogP contribution in [0.25, 0.3) is 0 Å². The van der Waals surface area contributed by atoms with E-state index in [0.717, 1.165) is 42.5 Å². The smallest absolute Gasteiger partial charge is 0.475 e. The number of ether oxygens (including phenoxy) is 2. The Morgan fingerprint density at radius 2 is 2.16 bits per heavy atom. The standard InChI is InChI=1S/C18H23N3O2S.C2HF3O2/c1-13-20-15(12-24-13)11-23-17-10-21(9-14-5-2-3-7-19-14)16-6-4-8-22-18(16)17;3-2(4,5)1(6)7/h2-3,5,7,12,16-18H,4,6,8-11H2,1H3;(H,6,7)/t16-,17-,18+;/m1./s1. The number of aryl methyl sites for hydroxylation is 1. The van der Waals surface area contributed by atoms with Crippen LogP contribution < -0.4 is 0 Å². The van der Waals surface area contributed by atoms with Gasteiger partial charge in [0, 0.05) is 37.3 Å². The third kappa shape index (κ3) is 6.70. The number of carboxylic acid groups (broad SMARTS) is 1. The van der Waals surface area contributed by atoms with E-state index in [1.165, 1.54) is 6.42 Å². The first-order chi connectivity index (χ1) is 14.7. The Kier molecular flexibility index (Phi) is 7.98. The molecule has 0 bridgehead atoms. The number of halogens is 3. The number of alkyl halides is 3. The van der Waals surface area contributed by atoms with Crippen molar-refractivity contribution in [1.29, 1.82) is 0 Å². The molecule has 0 spiro atoms. The van der Waals surface area contributed by atoms with Crippen LogP contribution in [0.2, 0.25) is 0 Å². The molecule has 7 nitrogen and oxygen atoms in total. The molecule has 0 amide bonds. The Hall–Kier alpha value is -2.08.